The number of nitrogens with zero attached hydrogens (tertiary/aromatic N) is 2. The van der Waals surface area contributed by atoms with Crippen LogP contribution in [-0.4, -0.2) is 58.0 Å². The average molecular weight is 463 g/mol. The van der Waals surface area contributed by atoms with Crippen LogP contribution in [0.25, 0.3) is 0 Å². The van der Waals surface area contributed by atoms with Crippen molar-refractivity contribution in [1.82, 2.24) is 9.62 Å². The van der Waals surface area contributed by atoms with Crippen LogP contribution in [0.15, 0.2) is 46.0 Å². The van der Waals surface area contributed by atoms with Gasteiger partial charge >= 0.3 is 0 Å². The third-order valence-electron chi connectivity index (χ3n) is 5.91. The van der Waals surface area contributed by atoms with Crippen LogP contribution in [0.5, 0.6) is 0 Å². The molecule has 4 rings (SSSR count). The van der Waals surface area contributed by atoms with Gasteiger partial charge in [0.25, 0.3) is 0 Å². The molecule has 0 unspecified atom stereocenters. The first kappa shape index (κ1) is 22.3. The minimum Gasteiger partial charge on any atom is -0.372 e. The summed E-state index contributed by atoms with van der Waals surface area (Å²) >= 11 is 1.22. The molecule has 0 radical (unpaired) electrons. The fourth-order valence-electron chi connectivity index (χ4n) is 4.21. The van der Waals surface area contributed by atoms with E-state index in [0.29, 0.717) is 36.7 Å². The molecule has 0 atom stereocenters. The van der Waals surface area contributed by atoms with E-state index >= 15 is 0 Å². The summed E-state index contributed by atoms with van der Waals surface area (Å²) in [5.74, 6) is -0.0386. The predicted molar refractivity (Wildman–Crippen MR) is 125 cm³/mol. The summed E-state index contributed by atoms with van der Waals surface area (Å²) in [5, 5.41) is 4.74. The maximum absolute atomic E-state index is 12.5. The number of thiophene rings is 1. The summed E-state index contributed by atoms with van der Waals surface area (Å²) in [6.07, 6.45) is 5.18. The lowest BCUT2D eigenvalue weighted by Gasteiger charge is -2.31. The van der Waals surface area contributed by atoms with Gasteiger partial charge in [-0.1, -0.05) is 6.07 Å². The zero-order valence-corrected chi connectivity index (χ0v) is 19.3. The Morgan fingerprint density at radius 1 is 1.00 bits per heavy atom. The first-order valence-corrected chi connectivity index (χ1v) is 13.3. The van der Waals surface area contributed by atoms with Crippen LogP contribution in [0.4, 0.5) is 11.4 Å². The molecule has 0 bridgehead atoms. The van der Waals surface area contributed by atoms with E-state index in [1.54, 1.807) is 17.5 Å². The molecule has 9 heteroatoms. The maximum atomic E-state index is 12.5. The van der Waals surface area contributed by atoms with Gasteiger partial charge in [-0.2, -0.15) is 0 Å². The number of hydrogen-bond acceptors (Lipinski definition) is 6. The second-order valence-corrected chi connectivity index (χ2v) is 11.1. The molecule has 2 aromatic rings. The van der Waals surface area contributed by atoms with Gasteiger partial charge in [0.15, 0.2) is 0 Å². The minimum absolute atomic E-state index is 0.0386. The molecule has 0 aliphatic carbocycles. The Bertz CT molecular complexity index is 947. The van der Waals surface area contributed by atoms with Crippen LogP contribution in [0, 0.1) is 0 Å². The first-order chi connectivity index (χ1) is 15.0. The Labute approximate surface area is 188 Å². The number of nitrogens with one attached hydrogen (secondary N) is 2. The lowest BCUT2D eigenvalue weighted by Crippen LogP contribution is -2.46. The Hall–Kier alpha value is -1.94. The van der Waals surface area contributed by atoms with Gasteiger partial charge in [-0.15, -0.1) is 11.3 Å². The summed E-state index contributed by atoms with van der Waals surface area (Å²) in [6, 6.07) is 11.3. The normalized spacial score (nSPS) is 18.8. The quantitative estimate of drug-likeness (QED) is 0.661. The molecule has 0 saturated carbocycles. The third-order valence-corrected chi connectivity index (χ3v) is 8.83. The highest BCUT2D eigenvalue weighted by Crippen LogP contribution is 2.22. The van der Waals surface area contributed by atoms with Crippen LogP contribution in [0.3, 0.4) is 0 Å². The zero-order chi connectivity index (χ0) is 21.7. The van der Waals surface area contributed by atoms with Gasteiger partial charge in [0.2, 0.25) is 15.9 Å². The number of benzene rings is 1. The van der Waals surface area contributed by atoms with E-state index in [4.69, 9.17) is 0 Å². The molecule has 2 aliphatic rings. The molecule has 2 aliphatic heterocycles. The summed E-state index contributed by atoms with van der Waals surface area (Å²) in [5.41, 5.74) is 2.02. The largest absolute Gasteiger partial charge is 0.372 e. The molecular formula is C22H30N4O3S2. The number of sulfonamides is 1. The van der Waals surface area contributed by atoms with Crippen molar-refractivity contribution in [2.75, 3.05) is 42.9 Å². The van der Waals surface area contributed by atoms with Crippen LogP contribution in [0.2, 0.25) is 0 Å². The van der Waals surface area contributed by atoms with E-state index in [0.717, 1.165) is 18.8 Å². The molecule has 31 heavy (non-hydrogen) atoms. The van der Waals surface area contributed by atoms with Crippen molar-refractivity contribution in [1.29, 1.82) is 0 Å². The van der Waals surface area contributed by atoms with Gasteiger partial charge in [0.1, 0.15) is 4.21 Å². The molecule has 2 saturated heterocycles. The molecule has 7 nitrogen and oxygen atoms in total. The van der Waals surface area contributed by atoms with Crippen LogP contribution >= 0.6 is 11.3 Å². The fraction of sp³-hybridized carbons (Fsp3) is 0.500. The number of likely N-dealkylation sites (tertiary alicyclic amines) is 1. The summed E-state index contributed by atoms with van der Waals surface area (Å²) in [7, 11) is -3.44. The van der Waals surface area contributed by atoms with Gasteiger partial charge < -0.3 is 10.2 Å². The highest BCUT2D eigenvalue weighted by Gasteiger charge is 2.26. The SMILES string of the molecule is O=C(CN1CCC(NS(=O)(=O)c2cccs2)CC1)Nc1ccc(N2CCCCC2)cc1. The van der Waals surface area contributed by atoms with Gasteiger partial charge in [-0.05, 0) is 67.8 Å². The lowest BCUT2D eigenvalue weighted by molar-refractivity contribution is -0.117. The Morgan fingerprint density at radius 3 is 2.35 bits per heavy atom. The molecule has 1 aromatic carbocycles. The molecule has 1 aromatic heterocycles. The molecule has 0 spiro atoms. The van der Waals surface area contributed by atoms with E-state index in [-0.39, 0.29) is 11.9 Å². The van der Waals surface area contributed by atoms with Gasteiger partial charge in [0.05, 0.1) is 6.54 Å². The summed E-state index contributed by atoms with van der Waals surface area (Å²) < 4.78 is 27.9. The maximum Gasteiger partial charge on any atom is 0.250 e. The van der Waals surface area contributed by atoms with Crippen molar-refractivity contribution in [3.63, 3.8) is 0 Å². The fourth-order valence-corrected chi connectivity index (χ4v) is 6.53. The van der Waals surface area contributed by atoms with Crippen LogP contribution in [0.1, 0.15) is 32.1 Å². The Morgan fingerprint density at radius 2 is 1.71 bits per heavy atom. The number of amides is 1. The zero-order valence-electron chi connectivity index (χ0n) is 17.6. The highest BCUT2D eigenvalue weighted by atomic mass is 32.2. The predicted octanol–water partition coefficient (Wildman–Crippen LogP) is 3.12. The Balaban J connectivity index is 1.21. The van der Waals surface area contributed by atoms with E-state index in [9.17, 15) is 13.2 Å². The monoisotopic (exact) mass is 462 g/mol. The average Bonchev–Trinajstić information content (AvgIpc) is 3.32. The Kier molecular flexibility index (Phi) is 7.27. The van der Waals surface area contributed by atoms with Crippen molar-refractivity contribution in [3.05, 3.63) is 41.8 Å². The van der Waals surface area contributed by atoms with E-state index in [2.05, 4.69) is 32.0 Å². The van der Waals surface area contributed by atoms with Gasteiger partial charge in [-0.25, -0.2) is 13.1 Å². The van der Waals surface area contributed by atoms with Gasteiger partial charge in [0, 0.05) is 43.6 Å². The summed E-state index contributed by atoms with van der Waals surface area (Å²) in [6.45, 7) is 3.91. The van der Waals surface area contributed by atoms with Crippen molar-refractivity contribution >= 4 is 38.6 Å². The highest BCUT2D eigenvalue weighted by molar-refractivity contribution is 7.91. The number of carbonyl (C=O) groups excluding carboxylic acids is 1. The number of piperidine rings is 2. The molecule has 2 fully saturated rings. The topological polar surface area (TPSA) is 81.8 Å². The number of carbonyl (C=O) groups is 1. The third kappa shape index (κ3) is 6.06. The van der Waals surface area contributed by atoms with Crippen molar-refractivity contribution in [2.24, 2.45) is 0 Å². The van der Waals surface area contributed by atoms with Crippen molar-refractivity contribution in [3.8, 4) is 0 Å². The lowest BCUT2D eigenvalue weighted by atomic mass is 10.1. The van der Waals surface area contributed by atoms with Crippen molar-refractivity contribution < 1.29 is 13.2 Å². The van der Waals surface area contributed by atoms with Crippen LogP contribution in [-0.2, 0) is 14.8 Å². The number of anilines is 2. The van der Waals surface area contributed by atoms with Gasteiger partial charge in [-0.3, -0.25) is 9.69 Å². The molecular weight excluding hydrogens is 432 g/mol. The number of rotatable bonds is 7. The second-order valence-electron chi connectivity index (χ2n) is 8.25. The smallest absolute Gasteiger partial charge is 0.250 e. The molecule has 2 N–H and O–H groups in total. The summed E-state index contributed by atoms with van der Waals surface area (Å²) in [4.78, 5) is 16.9. The standard InChI is InChI=1S/C22H30N4O3S2/c27-21(23-18-6-8-20(9-7-18)26-12-2-1-3-13-26)17-25-14-10-19(11-15-25)24-31(28,29)22-5-4-16-30-22/h4-9,16,19,24H,1-3,10-15,17H2,(H,23,27). The van der Waals surface area contributed by atoms with E-state index in [1.807, 2.05) is 12.1 Å². The first-order valence-electron chi connectivity index (χ1n) is 10.9. The van der Waals surface area contributed by atoms with Crippen LogP contribution < -0.4 is 14.9 Å². The molecule has 1 amide bonds. The van der Waals surface area contributed by atoms with E-state index in [1.165, 1.54) is 36.3 Å². The van der Waals surface area contributed by atoms with Crippen molar-refractivity contribution in [2.45, 2.75) is 42.4 Å². The molecule has 3 heterocycles. The van der Waals surface area contributed by atoms with E-state index < -0.39 is 10.0 Å². The second kappa shape index (κ2) is 10.1. The molecule has 168 valence electrons. The minimum atomic E-state index is -3.44. The number of hydrogen-bond donors (Lipinski definition) is 2.